The molecule has 1 aliphatic rings. The molecule has 0 spiro atoms. The van der Waals surface area contributed by atoms with Crippen molar-refractivity contribution >= 4 is 39.3 Å². The summed E-state index contributed by atoms with van der Waals surface area (Å²) in [5, 5.41) is 3.59. The van der Waals surface area contributed by atoms with E-state index in [0.717, 1.165) is 10.0 Å². The summed E-state index contributed by atoms with van der Waals surface area (Å²) in [6, 6.07) is 14.9. The van der Waals surface area contributed by atoms with Gasteiger partial charge in [0.1, 0.15) is 0 Å². The molecule has 3 rings (SSSR count). The van der Waals surface area contributed by atoms with Gasteiger partial charge >= 0.3 is 0 Å². The molecule has 1 N–H and O–H groups in total. The minimum Gasteiger partial charge on any atom is -0.348 e. The Morgan fingerprint density at radius 3 is 2.43 bits per heavy atom. The van der Waals surface area contributed by atoms with Crippen LogP contribution >= 0.6 is 27.5 Å². The summed E-state index contributed by atoms with van der Waals surface area (Å²) in [5.41, 5.74) is 1.66. The van der Waals surface area contributed by atoms with Crippen LogP contribution in [0.3, 0.4) is 0 Å². The monoisotopic (exact) mass is 463 g/mol. The van der Waals surface area contributed by atoms with Crippen LogP contribution in [0.15, 0.2) is 53.0 Å². The highest BCUT2D eigenvalue weighted by atomic mass is 79.9. The zero-order valence-electron chi connectivity index (χ0n) is 15.7. The second-order valence-electron chi connectivity index (χ2n) is 6.92. The number of piperazine rings is 1. The SMILES string of the molecule is CC(NC(=O)CN1CCN(C(=O)c2cccc(Cl)c2)CC1)c1ccc(Br)cc1. The summed E-state index contributed by atoms with van der Waals surface area (Å²) in [7, 11) is 0. The van der Waals surface area contributed by atoms with Crippen molar-refractivity contribution in [2.24, 2.45) is 0 Å². The predicted octanol–water partition coefficient (Wildman–Crippen LogP) is 3.74. The van der Waals surface area contributed by atoms with Gasteiger partial charge in [0.05, 0.1) is 12.6 Å². The Morgan fingerprint density at radius 2 is 1.79 bits per heavy atom. The number of hydrogen-bond donors (Lipinski definition) is 1. The van der Waals surface area contributed by atoms with Crippen LogP contribution in [0.1, 0.15) is 28.9 Å². The van der Waals surface area contributed by atoms with Crippen molar-refractivity contribution < 1.29 is 9.59 Å². The first-order valence-electron chi connectivity index (χ1n) is 9.24. The maximum atomic E-state index is 12.6. The zero-order valence-corrected chi connectivity index (χ0v) is 18.0. The Kier molecular flexibility index (Phi) is 7.10. The minimum atomic E-state index is -0.0497. The van der Waals surface area contributed by atoms with Crippen LogP contribution in [0.5, 0.6) is 0 Å². The third-order valence-corrected chi connectivity index (χ3v) is 5.61. The minimum absolute atomic E-state index is 0.00923. The van der Waals surface area contributed by atoms with Gasteiger partial charge in [-0.15, -0.1) is 0 Å². The summed E-state index contributed by atoms with van der Waals surface area (Å²) < 4.78 is 1.01. The van der Waals surface area contributed by atoms with Gasteiger partial charge < -0.3 is 10.2 Å². The second kappa shape index (κ2) is 9.54. The van der Waals surface area contributed by atoms with Crippen LogP contribution in [0, 0.1) is 0 Å². The summed E-state index contributed by atoms with van der Waals surface area (Å²) >= 11 is 9.39. The maximum absolute atomic E-state index is 12.6. The molecule has 0 bridgehead atoms. The van der Waals surface area contributed by atoms with E-state index < -0.39 is 0 Å². The highest BCUT2D eigenvalue weighted by molar-refractivity contribution is 9.10. The summed E-state index contributed by atoms with van der Waals surface area (Å²) in [4.78, 5) is 28.8. The van der Waals surface area contributed by atoms with E-state index in [1.165, 1.54) is 0 Å². The summed E-state index contributed by atoms with van der Waals surface area (Å²) in [5.74, 6) is -0.0273. The maximum Gasteiger partial charge on any atom is 0.253 e. The molecular formula is C21H23BrClN3O2. The van der Waals surface area contributed by atoms with Gasteiger partial charge in [0.15, 0.2) is 0 Å². The molecule has 5 nitrogen and oxygen atoms in total. The van der Waals surface area contributed by atoms with Gasteiger partial charge in [-0.3, -0.25) is 14.5 Å². The number of carbonyl (C=O) groups excluding carboxylic acids is 2. The summed E-state index contributed by atoms with van der Waals surface area (Å²) in [6.07, 6.45) is 0. The normalized spacial score (nSPS) is 15.9. The van der Waals surface area contributed by atoms with Crippen molar-refractivity contribution in [3.8, 4) is 0 Å². The second-order valence-corrected chi connectivity index (χ2v) is 8.27. The lowest BCUT2D eigenvalue weighted by Crippen LogP contribution is -2.51. The molecule has 1 unspecified atom stereocenters. The molecule has 2 aromatic carbocycles. The Bertz CT molecular complexity index is 836. The van der Waals surface area contributed by atoms with Crippen LogP contribution in [0.2, 0.25) is 5.02 Å². The molecule has 1 aliphatic heterocycles. The van der Waals surface area contributed by atoms with E-state index in [1.54, 1.807) is 24.3 Å². The van der Waals surface area contributed by atoms with E-state index in [4.69, 9.17) is 11.6 Å². The van der Waals surface area contributed by atoms with Crippen molar-refractivity contribution in [3.63, 3.8) is 0 Å². The van der Waals surface area contributed by atoms with Crippen molar-refractivity contribution in [2.45, 2.75) is 13.0 Å². The molecule has 28 heavy (non-hydrogen) atoms. The zero-order chi connectivity index (χ0) is 20.1. The third kappa shape index (κ3) is 5.56. The van der Waals surface area contributed by atoms with E-state index >= 15 is 0 Å². The number of halogens is 2. The quantitative estimate of drug-likeness (QED) is 0.733. The molecule has 1 heterocycles. The lowest BCUT2D eigenvalue weighted by atomic mass is 10.1. The number of carbonyl (C=O) groups is 2. The fraction of sp³-hybridized carbons (Fsp3) is 0.333. The number of amides is 2. The molecule has 0 aromatic heterocycles. The first-order valence-corrected chi connectivity index (χ1v) is 10.4. The fourth-order valence-electron chi connectivity index (χ4n) is 3.24. The number of benzene rings is 2. The molecule has 1 atom stereocenters. The van der Waals surface area contributed by atoms with Gasteiger partial charge in [-0.25, -0.2) is 0 Å². The highest BCUT2D eigenvalue weighted by Crippen LogP contribution is 2.17. The number of nitrogens with one attached hydrogen (secondary N) is 1. The van der Waals surface area contributed by atoms with Crippen LogP contribution in [0.4, 0.5) is 0 Å². The largest absolute Gasteiger partial charge is 0.348 e. The van der Waals surface area contributed by atoms with Gasteiger partial charge in [0, 0.05) is 41.2 Å². The Morgan fingerprint density at radius 1 is 1.11 bits per heavy atom. The molecule has 148 valence electrons. The molecule has 2 amide bonds. The number of rotatable bonds is 5. The topological polar surface area (TPSA) is 52.7 Å². The molecule has 0 radical (unpaired) electrons. The molecule has 2 aromatic rings. The van der Waals surface area contributed by atoms with Gasteiger partial charge in [0.2, 0.25) is 5.91 Å². The van der Waals surface area contributed by atoms with E-state index in [-0.39, 0.29) is 17.9 Å². The predicted molar refractivity (Wildman–Crippen MR) is 114 cm³/mol. The molecule has 0 saturated carbocycles. The van der Waals surface area contributed by atoms with Crippen LogP contribution in [-0.2, 0) is 4.79 Å². The molecule has 7 heteroatoms. The van der Waals surface area contributed by atoms with E-state index in [1.807, 2.05) is 36.1 Å². The first-order chi connectivity index (χ1) is 13.4. The Hall–Kier alpha value is -1.89. The van der Waals surface area contributed by atoms with E-state index in [2.05, 4.69) is 26.1 Å². The van der Waals surface area contributed by atoms with Gasteiger partial charge in [0.25, 0.3) is 5.91 Å². The van der Waals surface area contributed by atoms with Gasteiger partial charge in [-0.05, 0) is 42.8 Å². The molecule has 0 aliphatic carbocycles. The Balaban J connectivity index is 1.46. The lowest BCUT2D eigenvalue weighted by Gasteiger charge is -2.34. The van der Waals surface area contributed by atoms with Crippen molar-refractivity contribution in [1.82, 2.24) is 15.1 Å². The molecule has 1 fully saturated rings. The third-order valence-electron chi connectivity index (χ3n) is 4.85. The van der Waals surface area contributed by atoms with Crippen LogP contribution < -0.4 is 5.32 Å². The fourth-order valence-corrected chi connectivity index (χ4v) is 3.69. The average Bonchev–Trinajstić information content (AvgIpc) is 2.68. The van der Waals surface area contributed by atoms with Crippen molar-refractivity contribution in [3.05, 3.63) is 69.2 Å². The van der Waals surface area contributed by atoms with Crippen LogP contribution in [0.25, 0.3) is 0 Å². The van der Waals surface area contributed by atoms with Crippen molar-refractivity contribution in [2.75, 3.05) is 32.7 Å². The van der Waals surface area contributed by atoms with Gasteiger partial charge in [-0.2, -0.15) is 0 Å². The first kappa shape index (κ1) is 20.8. The lowest BCUT2D eigenvalue weighted by molar-refractivity contribution is -0.123. The molecular weight excluding hydrogens is 442 g/mol. The Labute approximate surface area is 178 Å². The number of nitrogens with zero attached hydrogens (tertiary/aromatic N) is 2. The highest BCUT2D eigenvalue weighted by Gasteiger charge is 2.23. The van der Waals surface area contributed by atoms with Gasteiger partial charge in [-0.1, -0.05) is 45.7 Å². The number of hydrogen-bond acceptors (Lipinski definition) is 3. The molecule has 1 saturated heterocycles. The standard InChI is InChI=1S/C21H23BrClN3O2/c1-15(16-5-7-18(22)8-6-16)24-20(27)14-25-9-11-26(12-10-25)21(28)17-3-2-4-19(23)13-17/h2-8,13,15H,9-12,14H2,1H3,(H,24,27). The van der Waals surface area contributed by atoms with E-state index in [0.29, 0.717) is 43.3 Å². The van der Waals surface area contributed by atoms with E-state index in [9.17, 15) is 9.59 Å². The smallest absolute Gasteiger partial charge is 0.253 e. The van der Waals surface area contributed by atoms with Crippen LogP contribution in [-0.4, -0.2) is 54.3 Å². The van der Waals surface area contributed by atoms with Crippen molar-refractivity contribution in [1.29, 1.82) is 0 Å². The summed E-state index contributed by atoms with van der Waals surface area (Å²) in [6.45, 7) is 4.85. The average molecular weight is 465 g/mol.